The largest absolute Gasteiger partial charge is 0.478 e. The number of hydrogen-bond acceptors (Lipinski definition) is 2. The van der Waals surface area contributed by atoms with E-state index in [0.29, 0.717) is 5.56 Å². The number of aryl methyl sites for hydroxylation is 1. The minimum absolute atomic E-state index is 0.00741. The minimum atomic E-state index is -1.32. The Hall–Kier alpha value is -2.43. The van der Waals surface area contributed by atoms with Crippen LogP contribution in [-0.4, -0.2) is 15.6 Å². The molecule has 0 aliphatic heterocycles. The normalized spacial score (nSPS) is 10.4. The van der Waals surface area contributed by atoms with Crippen molar-refractivity contribution in [3.8, 4) is 0 Å². The standard InChI is InChI=1S/C14H12FNO3/c1-9-4-3-7-16(13(9)17)8-10-5-2-6-11(12(10)15)14(18)19/h2-7H,8H2,1H3,(H,18,19). The van der Waals surface area contributed by atoms with Crippen molar-refractivity contribution in [2.45, 2.75) is 13.5 Å². The van der Waals surface area contributed by atoms with Gasteiger partial charge < -0.3 is 9.67 Å². The lowest BCUT2D eigenvalue weighted by molar-refractivity contribution is 0.0691. The zero-order valence-corrected chi connectivity index (χ0v) is 10.3. The van der Waals surface area contributed by atoms with E-state index in [2.05, 4.69) is 0 Å². The molecule has 1 heterocycles. The van der Waals surface area contributed by atoms with Crippen molar-refractivity contribution in [1.29, 1.82) is 0 Å². The quantitative estimate of drug-likeness (QED) is 0.919. The molecule has 0 aliphatic carbocycles. The lowest BCUT2D eigenvalue weighted by Gasteiger charge is -2.09. The van der Waals surface area contributed by atoms with Crippen molar-refractivity contribution in [2.75, 3.05) is 0 Å². The molecular weight excluding hydrogens is 249 g/mol. The van der Waals surface area contributed by atoms with Crippen LogP contribution in [0.25, 0.3) is 0 Å². The van der Waals surface area contributed by atoms with Crippen molar-refractivity contribution in [3.05, 3.63) is 69.4 Å². The smallest absolute Gasteiger partial charge is 0.338 e. The van der Waals surface area contributed by atoms with E-state index in [1.807, 2.05) is 0 Å². The molecule has 0 aliphatic rings. The molecule has 98 valence electrons. The first kappa shape index (κ1) is 13.0. The maximum Gasteiger partial charge on any atom is 0.338 e. The van der Waals surface area contributed by atoms with Gasteiger partial charge in [0.1, 0.15) is 5.82 Å². The molecule has 0 spiro atoms. The van der Waals surface area contributed by atoms with Gasteiger partial charge in [-0.15, -0.1) is 0 Å². The number of rotatable bonds is 3. The van der Waals surface area contributed by atoms with Crippen LogP contribution in [0.15, 0.2) is 41.3 Å². The Morgan fingerprint density at radius 1 is 1.32 bits per heavy atom. The van der Waals surface area contributed by atoms with E-state index in [4.69, 9.17) is 5.11 Å². The molecule has 5 heteroatoms. The Kier molecular flexibility index (Phi) is 3.46. The zero-order valence-electron chi connectivity index (χ0n) is 10.3. The van der Waals surface area contributed by atoms with Gasteiger partial charge in [-0.05, 0) is 19.1 Å². The van der Waals surface area contributed by atoms with Crippen molar-refractivity contribution >= 4 is 5.97 Å². The highest BCUT2D eigenvalue weighted by Crippen LogP contribution is 2.14. The molecule has 0 saturated heterocycles. The lowest BCUT2D eigenvalue weighted by Crippen LogP contribution is -2.22. The lowest BCUT2D eigenvalue weighted by atomic mass is 10.1. The number of nitrogens with zero attached hydrogens (tertiary/aromatic N) is 1. The molecular formula is C14H12FNO3. The first-order chi connectivity index (χ1) is 9.00. The highest BCUT2D eigenvalue weighted by molar-refractivity contribution is 5.88. The van der Waals surface area contributed by atoms with Crippen molar-refractivity contribution in [3.63, 3.8) is 0 Å². The maximum atomic E-state index is 13.9. The number of aromatic nitrogens is 1. The van der Waals surface area contributed by atoms with Crippen LogP contribution in [-0.2, 0) is 6.54 Å². The molecule has 0 bridgehead atoms. The fraction of sp³-hybridized carbons (Fsp3) is 0.143. The molecule has 0 amide bonds. The van der Waals surface area contributed by atoms with Gasteiger partial charge in [0.2, 0.25) is 0 Å². The van der Waals surface area contributed by atoms with E-state index in [9.17, 15) is 14.0 Å². The van der Waals surface area contributed by atoms with Crippen LogP contribution in [0.3, 0.4) is 0 Å². The maximum absolute atomic E-state index is 13.9. The molecule has 1 aromatic carbocycles. The molecule has 19 heavy (non-hydrogen) atoms. The van der Waals surface area contributed by atoms with Crippen LogP contribution < -0.4 is 5.56 Å². The SMILES string of the molecule is Cc1cccn(Cc2cccc(C(=O)O)c2F)c1=O. The molecule has 2 aromatic rings. The van der Waals surface area contributed by atoms with Gasteiger partial charge in [-0.1, -0.05) is 18.2 Å². The summed E-state index contributed by atoms with van der Waals surface area (Å²) in [5, 5.41) is 8.85. The summed E-state index contributed by atoms with van der Waals surface area (Å²) in [4.78, 5) is 22.7. The Labute approximate surface area is 108 Å². The highest BCUT2D eigenvalue weighted by Gasteiger charge is 2.14. The van der Waals surface area contributed by atoms with E-state index in [0.717, 1.165) is 0 Å². The number of carboxylic acid groups (broad SMARTS) is 1. The number of pyridine rings is 1. The third kappa shape index (κ3) is 2.54. The summed E-state index contributed by atoms with van der Waals surface area (Å²) < 4.78 is 15.3. The molecule has 0 fully saturated rings. The molecule has 2 rings (SSSR count). The second kappa shape index (κ2) is 5.06. The second-order valence-electron chi connectivity index (χ2n) is 4.21. The molecule has 1 aromatic heterocycles. The number of halogens is 1. The molecule has 0 saturated carbocycles. The van der Waals surface area contributed by atoms with Crippen LogP contribution >= 0.6 is 0 Å². The van der Waals surface area contributed by atoms with E-state index in [-0.39, 0.29) is 17.7 Å². The number of aromatic carboxylic acids is 1. The van der Waals surface area contributed by atoms with E-state index in [1.54, 1.807) is 25.3 Å². The van der Waals surface area contributed by atoms with Gasteiger partial charge in [-0.3, -0.25) is 4.79 Å². The van der Waals surface area contributed by atoms with Crippen molar-refractivity contribution in [2.24, 2.45) is 0 Å². The Morgan fingerprint density at radius 3 is 2.74 bits per heavy atom. The Bertz CT molecular complexity index is 691. The predicted molar refractivity (Wildman–Crippen MR) is 67.9 cm³/mol. The number of carboxylic acids is 1. The predicted octanol–water partition coefficient (Wildman–Crippen LogP) is 2.04. The van der Waals surface area contributed by atoms with Gasteiger partial charge >= 0.3 is 5.97 Å². The van der Waals surface area contributed by atoms with Gasteiger partial charge in [-0.25, -0.2) is 9.18 Å². The molecule has 0 radical (unpaired) electrons. The summed E-state index contributed by atoms with van der Waals surface area (Å²) in [5.41, 5.74) is 0.116. The summed E-state index contributed by atoms with van der Waals surface area (Å²) in [7, 11) is 0. The summed E-state index contributed by atoms with van der Waals surface area (Å²) >= 11 is 0. The summed E-state index contributed by atoms with van der Waals surface area (Å²) in [6.07, 6.45) is 1.54. The number of carbonyl (C=O) groups is 1. The van der Waals surface area contributed by atoms with Crippen molar-refractivity contribution in [1.82, 2.24) is 4.57 Å². The van der Waals surface area contributed by atoms with Crippen molar-refractivity contribution < 1.29 is 14.3 Å². The van der Waals surface area contributed by atoms with Gasteiger partial charge in [0.15, 0.2) is 0 Å². The van der Waals surface area contributed by atoms with Crippen LogP contribution in [0.1, 0.15) is 21.5 Å². The highest BCUT2D eigenvalue weighted by atomic mass is 19.1. The number of benzene rings is 1. The third-order valence-electron chi connectivity index (χ3n) is 2.86. The average molecular weight is 261 g/mol. The molecule has 0 atom stereocenters. The third-order valence-corrected chi connectivity index (χ3v) is 2.86. The summed E-state index contributed by atoms with van der Waals surface area (Å²) in [6.45, 7) is 1.68. The van der Waals surface area contributed by atoms with E-state index < -0.39 is 17.3 Å². The first-order valence-electron chi connectivity index (χ1n) is 5.67. The van der Waals surface area contributed by atoms with Crippen LogP contribution in [0.2, 0.25) is 0 Å². The van der Waals surface area contributed by atoms with E-state index >= 15 is 0 Å². The fourth-order valence-corrected chi connectivity index (χ4v) is 1.83. The van der Waals surface area contributed by atoms with Gasteiger partial charge in [0.25, 0.3) is 5.56 Å². The average Bonchev–Trinajstić information content (AvgIpc) is 2.37. The Balaban J connectivity index is 2.45. The van der Waals surface area contributed by atoms with E-state index in [1.165, 1.54) is 22.8 Å². The zero-order chi connectivity index (χ0) is 14.0. The number of hydrogen-bond donors (Lipinski definition) is 1. The second-order valence-corrected chi connectivity index (χ2v) is 4.21. The fourth-order valence-electron chi connectivity index (χ4n) is 1.83. The van der Waals surface area contributed by atoms with Gasteiger partial charge in [-0.2, -0.15) is 0 Å². The topological polar surface area (TPSA) is 59.3 Å². The van der Waals surface area contributed by atoms with Gasteiger partial charge in [0.05, 0.1) is 12.1 Å². The molecule has 1 N–H and O–H groups in total. The monoisotopic (exact) mass is 261 g/mol. The summed E-state index contributed by atoms with van der Waals surface area (Å²) in [5.74, 6) is -2.13. The van der Waals surface area contributed by atoms with Crippen LogP contribution in [0.5, 0.6) is 0 Å². The first-order valence-corrected chi connectivity index (χ1v) is 5.67. The summed E-state index contributed by atoms with van der Waals surface area (Å²) in [6, 6.07) is 7.48. The van der Waals surface area contributed by atoms with Crippen LogP contribution in [0, 0.1) is 12.7 Å². The van der Waals surface area contributed by atoms with Crippen LogP contribution in [0.4, 0.5) is 4.39 Å². The molecule has 4 nitrogen and oxygen atoms in total. The minimum Gasteiger partial charge on any atom is -0.478 e. The molecule has 0 unspecified atom stereocenters. The Morgan fingerprint density at radius 2 is 2.05 bits per heavy atom. The van der Waals surface area contributed by atoms with Gasteiger partial charge in [0, 0.05) is 17.3 Å².